The zero-order valence-electron chi connectivity index (χ0n) is 23.5. The number of esters is 1. The molecule has 1 heterocycles. The number of aryl methyl sites for hydroxylation is 1. The van der Waals surface area contributed by atoms with E-state index in [4.69, 9.17) is 9.47 Å². The van der Waals surface area contributed by atoms with Crippen LogP contribution in [0.1, 0.15) is 80.4 Å². The number of rotatable bonds is 14. The molecule has 1 aliphatic rings. The Hall–Kier alpha value is -3.65. The molecule has 0 saturated carbocycles. The predicted molar refractivity (Wildman–Crippen MR) is 152 cm³/mol. The Kier molecular flexibility index (Phi) is 11.6. The van der Waals surface area contributed by atoms with E-state index in [1.54, 1.807) is 30.0 Å². The molecule has 0 radical (unpaired) electrons. The minimum absolute atomic E-state index is 0.106. The number of methoxy groups -OCH3 is 1. The van der Waals surface area contributed by atoms with Crippen molar-refractivity contribution in [2.24, 2.45) is 0 Å². The second-order valence-corrected chi connectivity index (χ2v) is 9.75. The van der Waals surface area contributed by atoms with E-state index in [2.05, 4.69) is 17.6 Å². The normalized spacial score (nSPS) is 15.2. The van der Waals surface area contributed by atoms with Crippen LogP contribution >= 0.6 is 0 Å². The second kappa shape index (κ2) is 15.1. The van der Waals surface area contributed by atoms with E-state index in [0.29, 0.717) is 34.6 Å². The number of benzene rings is 2. The molecule has 0 aromatic heterocycles. The summed E-state index contributed by atoms with van der Waals surface area (Å²) in [6.07, 6.45) is 6.23. The predicted octanol–water partition coefficient (Wildman–Crippen LogP) is 6.00. The average molecular weight is 536 g/mol. The highest BCUT2D eigenvalue weighted by Gasteiger charge is 2.36. The molecule has 0 aliphatic carbocycles. The molecule has 0 unspecified atom stereocenters. The quantitative estimate of drug-likeness (QED) is 0.228. The molecule has 0 bridgehead atoms. The standard InChI is InChI=1S/C31H41N3O5/c1-5-7-9-11-23-14-16-24(17-15-23)29(35)32-26-13-10-12-25(21-26)28-27(30(36)39-20-19-38-4)22(3)34(18-8-6-2)31(37)33-28/h10,12-17,21,28H,5-9,11,18-20H2,1-4H3,(H,32,35)(H,33,37)/t28-/m0/s1. The molecule has 1 atom stereocenters. The number of anilines is 1. The van der Waals surface area contributed by atoms with Gasteiger partial charge in [-0.15, -0.1) is 0 Å². The molecule has 8 heteroatoms. The first-order valence-electron chi connectivity index (χ1n) is 13.8. The van der Waals surface area contributed by atoms with E-state index in [-0.39, 0.29) is 25.2 Å². The van der Waals surface area contributed by atoms with E-state index in [1.165, 1.54) is 25.5 Å². The van der Waals surface area contributed by atoms with Crippen LogP contribution in [0.5, 0.6) is 0 Å². The first kappa shape index (κ1) is 29.9. The molecule has 0 saturated heterocycles. The van der Waals surface area contributed by atoms with E-state index in [9.17, 15) is 14.4 Å². The van der Waals surface area contributed by atoms with Crippen LogP contribution in [0.3, 0.4) is 0 Å². The van der Waals surface area contributed by atoms with Gasteiger partial charge >= 0.3 is 12.0 Å². The Bertz CT molecular complexity index is 1160. The van der Waals surface area contributed by atoms with Crippen molar-refractivity contribution in [2.45, 2.75) is 65.3 Å². The van der Waals surface area contributed by atoms with Crippen molar-refractivity contribution in [1.82, 2.24) is 10.2 Å². The number of hydrogen-bond acceptors (Lipinski definition) is 5. The van der Waals surface area contributed by atoms with Crippen molar-refractivity contribution in [3.8, 4) is 0 Å². The number of unbranched alkanes of at least 4 members (excludes halogenated alkanes) is 3. The maximum absolute atomic E-state index is 13.2. The number of nitrogens with zero attached hydrogens (tertiary/aromatic N) is 1. The van der Waals surface area contributed by atoms with Crippen LogP contribution in [0.25, 0.3) is 0 Å². The van der Waals surface area contributed by atoms with Crippen molar-refractivity contribution in [3.05, 3.63) is 76.5 Å². The maximum atomic E-state index is 13.2. The molecular formula is C31H41N3O5. The molecule has 2 aromatic rings. The zero-order chi connectivity index (χ0) is 28.2. The summed E-state index contributed by atoms with van der Waals surface area (Å²) in [4.78, 5) is 40.7. The van der Waals surface area contributed by atoms with Gasteiger partial charge in [0.1, 0.15) is 6.61 Å². The molecule has 0 spiro atoms. The number of allylic oxidation sites excluding steroid dienone is 1. The van der Waals surface area contributed by atoms with E-state index in [1.807, 2.05) is 37.3 Å². The lowest BCUT2D eigenvalue weighted by molar-refractivity contribution is -0.140. The molecule has 3 rings (SSSR count). The Morgan fingerprint density at radius 2 is 1.74 bits per heavy atom. The highest BCUT2D eigenvalue weighted by molar-refractivity contribution is 6.04. The van der Waals surface area contributed by atoms with E-state index < -0.39 is 12.0 Å². The van der Waals surface area contributed by atoms with Crippen molar-refractivity contribution >= 4 is 23.6 Å². The largest absolute Gasteiger partial charge is 0.460 e. The minimum atomic E-state index is -0.718. The fraction of sp³-hybridized carbons (Fsp3) is 0.452. The van der Waals surface area contributed by atoms with Gasteiger partial charge in [-0.2, -0.15) is 0 Å². The van der Waals surface area contributed by atoms with Gasteiger partial charge in [0.2, 0.25) is 0 Å². The first-order valence-corrected chi connectivity index (χ1v) is 13.8. The van der Waals surface area contributed by atoms with Crippen LogP contribution in [0, 0.1) is 0 Å². The topological polar surface area (TPSA) is 97.0 Å². The Labute approximate surface area is 231 Å². The Balaban J connectivity index is 1.82. The van der Waals surface area contributed by atoms with Crippen LogP contribution in [0.4, 0.5) is 10.5 Å². The van der Waals surface area contributed by atoms with Crippen LogP contribution in [-0.2, 0) is 20.7 Å². The number of amides is 3. The highest BCUT2D eigenvalue weighted by atomic mass is 16.6. The third-order valence-corrected chi connectivity index (χ3v) is 6.84. The lowest BCUT2D eigenvalue weighted by atomic mass is 9.94. The minimum Gasteiger partial charge on any atom is -0.460 e. The van der Waals surface area contributed by atoms with Gasteiger partial charge in [0.25, 0.3) is 5.91 Å². The average Bonchev–Trinajstić information content (AvgIpc) is 2.93. The number of hydrogen-bond donors (Lipinski definition) is 2. The van der Waals surface area contributed by atoms with Gasteiger partial charge in [-0.05, 0) is 61.6 Å². The van der Waals surface area contributed by atoms with Crippen molar-refractivity contribution in [2.75, 3.05) is 32.2 Å². The first-order chi connectivity index (χ1) is 18.9. The highest BCUT2D eigenvalue weighted by Crippen LogP contribution is 2.32. The third kappa shape index (κ3) is 8.17. The van der Waals surface area contributed by atoms with E-state index in [0.717, 1.165) is 25.7 Å². The summed E-state index contributed by atoms with van der Waals surface area (Å²) in [5, 5.41) is 5.91. The van der Waals surface area contributed by atoms with Gasteiger partial charge < -0.3 is 20.1 Å². The van der Waals surface area contributed by atoms with Crippen LogP contribution in [-0.4, -0.2) is 49.7 Å². The lowest BCUT2D eigenvalue weighted by Gasteiger charge is -2.35. The van der Waals surface area contributed by atoms with E-state index >= 15 is 0 Å². The summed E-state index contributed by atoms with van der Waals surface area (Å²) in [6.45, 7) is 6.88. The summed E-state index contributed by atoms with van der Waals surface area (Å²) in [7, 11) is 1.54. The fourth-order valence-electron chi connectivity index (χ4n) is 4.58. The number of nitrogens with one attached hydrogen (secondary N) is 2. The summed E-state index contributed by atoms with van der Waals surface area (Å²) in [6, 6.07) is 13.9. The smallest absolute Gasteiger partial charge is 0.338 e. The van der Waals surface area contributed by atoms with Crippen LogP contribution < -0.4 is 10.6 Å². The molecule has 8 nitrogen and oxygen atoms in total. The molecule has 210 valence electrons. The molecule has 2 N–H and O–H groups in total. The molecule has 2 aromatic carbocycles. The molecule has 3 amide bonds. The van der Waals surface area contributed by atoms with Gasteiger partial charge in [-0.25, -0.2) is 9.59 Å². The number of ether oxygens (including phenoxy) is 2. The van der Waals surface area contributed by atoms with Gasteiger partial charge in [-0.3, -0.25) is 9.69 Å². The monoisotopic (exact) mass is 535 g/mol. The number of carbonyl (C=O) groups is 3. The number of urea groups is 1. The van der Waals surface area contributed by atoms with Gasteiger partial charge in [0, 0.05) is 30.6 Å². The molecule has 1 aliphatic heterocycles. The molecular weight excluding hydrogens is 494 g/mol. The zero-order valence-corrected chi connectivity index (χ0v) is 23.5. The van der Waals surface area contributed by atoms with Crippen molar-refractivity contribution in [1.29, 1.82) is 0 Å². The third-order valence-electron chi connectivity index (χ3n) is 6.84. The summed E-state index contributed by atoms with van der Waals surface area (Å²) < 4.78 is 10.5. The summed E-state index contributed by atoms with van der Waals surface area (Å²) in [5.41, 5.74) is 3.94. The van der Waals surface area contributed by atoms with Gasteiger partial charge in [0.05, 0.1) is 18.2 Å². The van der Waals surface area contributed by atoms with Crippen LogP contribution in [0.2, 0.25) is 0 Å². The van der Waals surface area contributed by atoms with Crippen molar-refractivity contribution in [3.63, 3.8) is 0 Å². The fourth-order valence-corrected chi connectivity index (χ4v) is 4.58. The second-order valence-electron chi connectivity index (χ2n) is 9.75. The number of carbonyl (C=O) groups excluding carboxylic acids is 3. The Morgan fingerprint density at radius 3 is 2.44 bits per heavy atom. The van der Waals surface area contributed by atoms with Crippen molar-refractivity contribution < 1.29 is 23.9 Å². The summed E-state index contributed by atoms with van der Waals surface area (Å²) in [5.74, 6) is -0.735. The molecule has 0 fully saturated rings. The summed E-state index contributed by atoms with van der Waals surface area (Å²) >= 11 is 0. The van der Waals surface area contributed by atoms with Gasteiger partial charge in [0.15, 0.2) is 0 Å². The lowest BCUT2D eigenvalue weighted by Crippen LogP contribution is -2.48. The van der Waals surface area contributed by atoms with Gasteiger partial charge in [-0.1, -0.05) is 57.4 Å². The Morgan fingerprint density at radius 1 is 1.00 bits per heavy atom. The SMILES string of the molecule is CCCCCc1ccc(C(=O)Nc2cccc([C@@H]3NC(=O)N(CCCC)C(C)=C3C(=O)OCCOC)c2)cc1. The molecule has 39 heavy (non-hydrogen) atoms. The maximum Gasteiger partial charge on any atom is 0.338 e. The van der Waals surface area contributed by atoms with Crippen LogP contribution in [0.15, 0.2) is 59.8 Å².